The van der Waals surface area contributed by atoms with E-state index in [4.69, 9.17) is 10.8 Å². The Labute approximate surface area is 160 Å². The van der Waals surface area contributed by atoms with E-state index in [1.54, 1.807) is 0 Å². The van der Waals surface area contributed by atoms with E-state index in [1.807, 2.05) is 91.0 Å². The molecular formula is C22H24ClNO2. The third-order valence-corrected chi connectivity index (χ3v) is 3.50. The first-order valence-corrected chi connectivity index (χ1v) is 8.93. The molecule has 3 nitrogen and oxygen atoms in total. The monoisotopic (exact) mass is 369 g/mol. The topological polar surface area (TPSA) is 63.3 Å². The highest BCUT2D eigenvalue weighted by Crippen LogP contribution is 2.19. The number of carboxylic acid groups (broad SMARTS) is 1. The van der Waals surface area contributed by atoms with Gasteiger partial charge in [-0.2, -0.15) is 0 Å². The molecule has 3 N–H and O–H groups in total. The Bertz CT molecular complexity index is 704. The summed E-state index contributed by atoms with van der Waals surface area (Å²) < 4.78 is 0. The van der Waals surface area contributed by atoms with E-state index in [0.29, 0.717) is 6.42 Å². The van der Waals surface area contributed by atoms with E-state index in [9.17, 15) is 4.79 Å². The van der Waals surface area contributed by atoms with Gasteiger partial charge in [-0.05, 0) is 23.1 Å². The first-order chi connectivity index (χ1) is 12.7. The summed E-state index contributed by atoms with van der Waals surface area (Å²) in [4.78, 5) is 10.7. The van der Waals surface area contributed by atoms with Gasteiger partial charge in [0, 0.05) is 6.38 Å². The van der Waals surface area contributed by atoms with Crippen molar-refractivity contribution >= 4 is 17.6 Å². The number of alkyl halides is 1. The van der Waals surface area contributed by atoms with Crippen LogP contribution in [0.1, 0.15) is 5.56 Å². The van der Waals surface area contributed by atoms with Gasteiger partial charge in [0.2, 0.25) is 0 Å². The van der Waals surface area contributed by atoms with E-state index in [1.165, 1.54) is 6.38 Å². The third kappa shape index (κ3) is 7.97. The zero-order valence-corrected chi connectivity index (χ0v) is 15.5. The summed E-state index contributed by atoms with van der Waals surface area (Å²) in [6, 6.07) is 29.0. The van der Waals surface area contributed by atoms with Gasteiger partial charge in [-0.25, -0.2) is 0 Å². The van der Waals surface area contributed by atoms with Gasteiger partial charge in [0.05, 0.1) is 0 Å². The maximum absolute atomic E-state index is 10.7. The molecule has 0 amide bonds. The summed E-state index contributed by atoms with van der Waals surface area (Å²) in [7, 11) is 0. The van der Waals surface area contributed by atoms with Crippen LogP contribution < -0.4 is 5.73 Å². The van der Waals surface area contributed by atoms with E-state index < -0.39 is 12.0 Å². The van der Waals surface area contributed by atoms with E-state index in [2.05, 4.69) is 11.6 Å². The van der Waals surface area contributed by atoms with E-state index in [-0.39, 0.29) is 0 Å². The molecule has 1 atom stereocenters. The summed E-state index contributed by atoms with van der Waals surface area (Å²) in [5, 5.41) is 8.75. The van der Waals surface area contributed by atoms with Crippen LogP contribution in [0, 0.1) is 0 Å². The lowest BCUT2D eigenvalue weighted by Crippen LogP contribution is -2.32. The number of halogens is 1. The maximum Gasteiger partial charge on any atom is 0.320 e. The molecule has 0 saturated carbocycles. The van der Waals surface area contributed by atoms with Crippen molar-refractivity contribution in [3.63, 3.8) is 0 Å². The number of rotatable bonds is 4. The molecule has 136 valence electrons. The van der Waals surface area contributed by atoms with Crippen LogP contribution in [0.4, 0.5) is 0 Å². The fourth-order valence-electron chi connectivity index (χ4n) is 2.19. The normalized spacial score (nSPS) is 10.4. The average Bonchev–Trinajstić information content (AvgIpc) is 2.72. The maximum atomic E-state index is 10.7. The molecule has 26 heavy (non-hydrogen) atoms. The number of carboxylic acids is 1. The van der Waals surface area contributed by atoms with Gasteiger partial charge in [0.1, 0.15) is 6.04 Å². The second-order valence-electron chi connectivity index (χ2n) is 5.37. The molecule has 0 aliphatic heterocycles. The van der Waals surface area contributed by atoms with Crippen LogP contribution in [0.3, 0.4) is 0 Å². The fourth-order valence-corrected chi connectivity index (χ4v) is 2.19. The van der Waals surface area contributed by atoms with Crippen LogP contribution in [0.15, 0.2) is 91.0 Å². The molecule has 3 rings (SSSR count). The Balaban J connectivity index is 0.000000353. The molecule has 0 heterocycles. The Kier molecular flexibility index (Phi) is 10.5. The molecule has 4 heteroatoms. The minimum absolute atomic E-state index is 0.352. The lowest BCUT2D eigenvalue weighted by atomic mass is 10.0. The summed E-state index contributed by atoms with van der Waals surface area (Å²) in [5.41, 5.74) is 8.69. The average molecular weight is 370 g/mol. The third-order valence-electron chi connectivity index (χ3n) is 3.50. The molecule has 0 aromatic heterocycles. The van der Waals surface area contributed by atoms with Crippen molar-refractivity contribution < 1.29 is 9.90 Å². The molecule has 0 aliphatic carbocycles. The highest BCUT2D eigenvalue weighted by Gasteiger charge is 2.11. The van der Waals surface area contributed by atoms with Gasteiger partial charge in [-0.3, -0.25) is 4.79 Å². The summed E-state index contributed by atoms with van der Waals surface area (Å²) >= 11 is 4.64. The van der Waals surface area contributed by atoms with Crippen LogP contribution >= 0.6 is 11.6 Å². The standard InChI is InChI=1S/C15H15NO2.C6H6.CH3Cl/c16-14(15(17)18)10-11-6-8-13(9-7-11)12-4-2-1-3-5-12;1-2-4-6-5-3-1;1-2/h1-9,14H,10,16H2,(H,17,18);1-6H;1H3. The van der Waals surface area contributed by atoms with Crippen molar-refractivity contribution in [2.75, 3.05) is 6.38 Å². The van der Waals surface area contributed by atoms with Crippen molar-refractivity contribution in [3.05, 3.63) is 96.6 Å². The quantitative estimate of drug-likeness (QED) is 0.646. The van der Waals surface area contributed by atoms with Gasteiger partial charge in [-0.15, -0.1) is 11.6 Å². The number of aliphatic carboxylic acids is 1. The largest absolute Gasteiger partial charge is 0.480 e. The molecule has 0 radical (unpaired) electrons. The summed E-state index contributed by atoms with van der Waals surface area (Å²) in [6.45, 7) is 0. The second-order valence-corrected chi connectivity index (χ2v) is 5.37. The molecule has 0 aliphatic rings. The van der Waals surface area contributed by atoms with Gasteiger partial charge in [-0.1, -0.05) is 91.0 Å². The number of benzene rings is 3. The van der Waals surface area contributed by atoms with Crippen LogP contribution in [-0.2, 0) is 11.2 Å². The SMILES string of the molecule is CCl.NC(Cc1ccc(-c2ccccc2)cc1)C(=O)O.c1ccccc1. The first kappa shape index (κ1) is 21.4. The van der Waals surface area contributed by atoms with Gasteiger partial charge < -0.3 is 10.8 Å². The van der Waals surface area contributed by atoms with Crippen molar-refractivity contribution in [3.8, 4) is 11.1 Å². The lowest BCUT2D eigenvalue weighted by Gasteiger charge is -2.07. The van der Waals surface area contributed by atoms with Crippen LogP contribution in [0.2, 0.25) is 0 Å². The minimum atomic E-state index is -0.970. The van der Waals surface area contributed by atoms with Crippen LogP contribution in [0.25, 0.3) is 11.1 Å². The Morgan fingerprint density at radius 3 is 1.62 bits per heavy atom. The minimum Gasteiger partial charge on any atom is -0.480 e. The first-order valence-electron chi connectivity index (χ1n) is 8.17. The predicted octanol–water partition coefficient (Wildman–Crippen LogP) is 4.85. The van der Waals surface area contributed by atoms with Crippen molar-refractivity contribution in [2.45, 2.75) is 12.5 Å². The van der Waals surface area contributed by atoms with Crippen molar-refractivity contribution in [1.29, 1.82) is 0 Å². The fraction of sp³-hybridized carbons (Fsp3) is 0.136. The molecule has 3 aromatic rings. The highest BCUT2D eigenvalue weighted by molar-refractivity contribution is 6.15. The summed E-state index contributed by atoms with van der Waals surface area (Å²) in [6.07, 6.45) is 1.82. The Morgan fingerprint density at radius 1 is 0.808 bits per heavy atom. The second kappa shape index (κ2) is 12.7. The van der Waals surface area contributed by atoms with Gasteiger partial charge >= 0.3 is 5.97 Å². The molecule has 0 saturated heterocycles. The number of carbonyl (C=O) groups is 1. The van der Waals surface area contributed by atoms with Crippen LogP contribution in [-0.4, -0.2) is 23.5 Å². The molecular weight excluding hydrogens is 346 g/mol. The Morgan fingerprint density at radius 2 is 1.19 bits per heavy atom. The number of hydrogen-bond acceptors (Lipinski definition) is 2. The number of hydrogen-bond donors (Lipinski definition) is 2. The van der Waals surface area contributed by atoms with Crippen molar-refractivity contribution in [2.24, 2.45) is 5.73 Å². The predicted molar refractivity (Wildman–Crippen MR) is 109 cm³/mol. The molecule has 0 fully saturated rings. The zero-order valence-electron chi connectivity index (χ0n) is 14.8. The highest BCUT2D eigenvalue weighted by atomic mass is 35.5. The summed E-state index contributed by atoms with van der Waals surface area (Å²) in [5.74, 6) is -0.970. The molecule has 3 aromatic carbocycles. The smallest absolute Gasteiger partial charge is 0.320 e. The molecule has 1 unspecified atom stereocenters. The van der Waals surface area contributed by atoms with Gasteiger partial charge in [0.15, 0.2) is 0 Å². The number of nitrogens with two attached hydrogens (primary N) is 1. The zero-order chi connectivity index (χ0) is 19.2. The van der Waals surface area contributed by atoms with E-state index in [0.717, 1.165) is 16.7 Å². The van der Waals surface area contributed by atoms with Gasteiger partial charge in [0.25, 0.3) is 0 Å². The Hall–Kier alpha value is -2.62. The van der Waals surface area contributed by atoms with Crippen molar-refractivity contribution in [1.82, 2.24) is 0 Å². The molecule has 0 bridgehead atoms. The van der Waals surface area contributed by atoms with Crippen LogP contribution in [0.5, 0.6) is 0 Å². The molecule has 0 spiro atoms. The lowest BCUT2D eigenvalue weighted by molar-refractivity contribution is -0.138. The van der Waals surface area contributed by atoms with E-state index >= 15 is 0 Å².